The van der Waals surface area contributed by atoms with Crippen LogP contribution in [0.25, 0.3) is 33.2 Å². The number of pyridine rings is 1. The number of halogens is 1. The van der Waals surface area contributed by atoms with Crippen molar-refractivity contribution in [3.63, 3.8) is 0 Å². The molecule has 0 fully saturated rings. The monoisotopic (exact) mass is 616 g/mol. The average molecular weight is 616 g/mol. The summed E-state index contributed by atoms with van der Waals surface area (Å²) < 4.78 is 2.10. The fraction of sp³-hybridized carbons (Fsp3) is 0.0312. The lowest BCUT2D eigenvalue weighted by atomic mass is 10.1. The van der Waals surface area contributed by atoms with Crippen molar-refractivity contribution in [3.8, 4) is 11.4 Å². The summed E-state index contributed by atoms with van der Waals surface area (Å²) in [6.07, 6.45) is 3.48. The summed E-state index contributed by atoms with van der Waals surface area (Å²) in [5.41, 5.74) is 5.85. The quantitative estimate of drug-likeness (QED) is 0.118. The summed E-state index contributed by atoms with van der Waals surface area (Å²) in [5.74, 6) is 2.24. The number of benzene rings is 4. The standard InChI is InChI=1S/C32H21IN6/c33-39-31(23-11-5-2-6-12-23)37-30(21-9-3-1-4-10-21)38-32(39)24-17-15-22(16-18-24)29-35-20-25-19-34-27-14-8-7-13-26(27)28(25)36-29/h1-20,31H. The molecule has 7 rings (SSSR count). The molecule has 39 heavy (non-hydrogen) atoms. The van der Waals surface area contributed by atoms with Crippen molar-refractivity contribution >= 4 is 56.3 Å². The van der Waals surface area contributed by atoms with E-state index in [-0.39, 0.29) is 6.17 Å². The first kappa shape index (κ1) is 23.6. The number of hydrogen-bond donors (Lipinski definition) is 0. The molecule has 2 aromatic heterocycles. The Hall–Kier alpha value is -4.50. The van der Waals surface area contributed by atoms with Gasteiger partial charge in [-0.1, -0.05) is 103 Å². The SMILES string of the molecule is IN1C(c2ccc(-c3ncc4cnc5ccccc5c4n3)cc2)=NC(c2ccccc2)=NC1c1ccccc1. The molecule has 0 saturated heterocycles. The molecule has 0 radical (unpaired) electrons. The molecule has 186 valence electrons. The summed E-state index contributed by atoms with van der Waals surface area (Å²) in [4.78, 5) is 24.1. The maximum atomic E-state index is 5.02. The lowest BCUT2D eigenvalue weighted by molar-refractivity contribution is 0.538. The molecule has 1 unspecified atom stereocenters. The van der Waals surface area contributed by atoms with Gasteiger partial charge < -0.3 is 0 Å². The van der Waals surface area contributed by atoms with Crippen LogP contribution in [-0.2, 0) is 0 Å². The fourth-order valence-electron chi connectivity index (χ4n) is 4.74. The molecule has 0 N–H and O–H groups in total. The average Bonchev–Trinajstić information content (AvgIpc) is 3.02. The molecule has 6 aromatic rings. The molecule has 3 heterocycles. The third-order valence-electron chi connectivity index (χ3n) is 6.72. The van der Waals surface area contributed by atoms with Crippen LogP contribution in [0.4, 0.5) is 0 Å². The Balaban J connectivity index is 1.28. The predicted octanol–water partition coefficient (Wildman–Crippen LogP) is 7.40. The highest BCUT2D eigenvalue weighted by molar-refractivity contribution is 14.1. The van der Waals surface area contributed by atoms with E-state index in [1.54, 1.807) is 0 Å². The number of aliphatic imine (C=N–C) groups is 2. The second-order valence-electron chi connectivity index (χ2n) is 9.20. The zero-order valence-electron chi connectivity index (χ0n) is 20.7. The van der Waals surface area contributed by atoms with E-state index < -0.39 is 0 Å². The van der Waals surface area contributed by atoms with E-state index in [9.17, 15) is 0 Å². The van der Waals surface area contributed by atoms with E-state index in [2.05, 4.69) is 78.4 Å². The van der Waals surface area contributed by atoms with Crippen LogP contribution in [-0.4, -0.2) is 29.7 Å². The van der Waals surface area contributed by atoms with Crippen LogP contribution in [0.3, 0.4) is 0 Å². The molecule has 1 aliphatic heterocycles. The topological polar surface area (TPSA) is 66.6 Å². The lowest BCUT2D eigenvalue weighted by Crippen LogP contribution is -2.31. The fourth-order valence-corrected chi connectivity index (χ4v) is 5.57. The van der Waals surface area contributed by atoms with Gasteiger partial charge in [-0.3, -0.25) is 8.10 Å². The van der Waals surface area contributed by atoms with Crippen LogP contribution in [0.1, 0.15) is 22.9 Å². The van der Waals surface area contributed by atoms with Gasteiger partial charge in [0, 0.05) is 39.9 Å². The van der Waals surface area contributed by atoms with Gasteiger partial charge in [-0.15, -0.1) is 0 Å². The van der Waals surface area contributed by atoms with Crippen LogP contribution < -0.4 is 0 Å². The Morgan fingerprint density at radius 3 is 2.10 bits per heavy atom. The van der Waals surface area contributed by atoms with Crippen molar-refractivity contribution in [1.29, 1.82) is 0 Å². The first-order valence-electron chi connectivity index (χ1n) is 12.6. The van der Waals surface area contributed by atoms with E-state index in [0.29, 0.717) is 5.82 Å². The highest BCUT2D eigenvalue weighted by atomic mass is 127. The van der Waals surface area contributed by atoms with Gasteiger partial charge in [-0.25, -0.2) is 20.0 Å². The maximum absolute atomic E-state index is 5.02. The van der Waals surface area contributed by atoms with E-state index >= 15 is 0 Å². The van der Waals surface area contributed by atoms with Gasteiger partial charge >= 0.3 is 0 Å². The normalized spacial score (nSPS) is 15.3. The molecular weight excluding hydrogens is 595 g/mol. The summed E-state index contributed by atoms with van der Waals surface area (Å²) in [6, 6.07) is 36.7. The molecule has 0 spiro atoms. The van der Waals surface area contributed by atoms with E-state index in [1.807, 2.05) is 79.1 Å². The Labute approximate surface area is 239 Å². The van der Waals surface area contributed by atoms with Crippen LogP contribution in [0, 0.1) is 0 Å². The van der Waals surface area contributed by atoms with E-state index in [4.69, 9.17) is 15.0 Å². The number of para-hydroxylation sites is 1. The lowest BCUT2D eigenvalue weighted by Gasteiger charge is -2.30. The second kappa shape index (κ2) is 9.99. The molecule has 0 bridgehead atoms. The summed E-state index contributed by atoms with van der Waals surface area (Å²) >= 11 is 2.32. The Bertz CT molecular complexity index is 1870. The van der Waals surface area contributed by atoms with Crippen molar-refractivity contribution < 1.29 is 0 Å². The number of amidine groups is 2. The third kappa shape index (κ3) is 4.44. The number of fused-ring (bicyclic) bond motifs is 3. The molecule has 0 amide bonds. The van der Waals surface area contributed by atoms with Gasteiger partial charge in [0.05, 0.1) is 33.9 Å². The molecule has 1 atom stereocenters. The number of rotatable bonds is 4. The van der Waals surface area contributed by atoms with Gasteiger partial charge in [-0.05, 0) is 11.6 Å². The predicted molar refractivity (Wildman–Crippen MR) is 165 cm³/mol. The smallest absolute Gasteiger partial charge is 0.159 e. The van der Waals surface area contributed by atoms with Gasteiger partial charge in [0.1, 0.15) is 5.84 Å². The van der Waals surface area contributed by atoms with Crippen LogP contribution in [0.5, 0.6) is 0 Å². The zero-order chi connectivity index (χ0) is 26.2. The molecule has 1 aliphatic rings. The highest BCUT2D eigenvalue weighted by Gasteiger charge is 2.28. The van der Waals surface area contributed by atoms with Crippen LogP contribution in [0.2, 0.25) is 0 Å². The maximum Gasteiger partial charge on any atom is 0.159 e. The molecule has 0 aliphatic carbocycles. The van der Waals surface area contributed by atoms with Crippen LogP contribution in [0.15, 0.2) is 132 Å². The Morgan fingerprint density at radius 2 is 1.31 bits per heavy atom. The minimum Gasteiger partial charge on any atom is -0.270 e. The minimum atomic E-state index is -0.195. The van der Waals surface area contributed by atoms with Gasteiger partial charge in [-0.2, -0.15) is 0 Å². The van der Waals surface area contributed by atoms with Crippen molar-refractivity contribution in [2.75, 3.05) is 0 Å². The third-order valence-corrected chi connectivity index (χ3v) is 7.71. The molecular formula is C32H21IN6. The van der Waals surface area contributed by atoms with Crippen molar-refractivity contribution in [3.05, 3.63) is 138 Å². The van der Waals surface area contributed by atoms with Crippen LogP contribution >= 0.6 is 22.9 Å². The number of aromatic nitrogens is 3. The summed E-state index contributed by atoms with van der Waals surface area (Å²) in [5, 5.41) is 1.94. The van der Waals surface area contributed by atoms with Crippen molar-refractivity contribution in [2.45, 2.75) is 6.17 Å². The van der Waals surface area contributed by atoms with E-state index in [0.717, 1.165) is 55.7 Å². The first-order valence-corrected chi connectivity index (χ1v) is 13.5. The molecule has 0 saturated carbocycles. The van der Waals surface area contributed by atoms with Gasteiger partial charge in [0.15, 0.2) is 17.8 Å². The van der Waals surface area contributed by atoms with Gasteiger partial charge in [0.2, 0.25) is 0 Å². The largest absolute Gasteiger partial charge is 0.270 e. The van der Waals surface area contributed by atoms with Crippen molar-refractivity contribution in [2.24, 2.45) is 9.98 Å². The minimum absolute atomic E-state index is 0.195. The Morgan fingerprint density at radius 1 is 0.641 bits per heavy atom. The zero-order valence-corrected chi connectivity index (χ0v) is 22.8. The number of nitrogens with zero attached hydrogens (tertiary/aromatic N) is 6. The number of hydrogen-bond acceptors (Lipinski definition) is 6. The highest BCUT2D eigenvalue weighted by Crippen LogP contribution is 2.33. The van der Waals surface area contributed by atoms with Crippen molar-refractivity contribution in [1.82, 2.24) is 18.1 Å². The second-order valence-corrected chi connectivity index (χ2v) is 10.2. The summed E-state index contributed by atoms with van der Waals surface area (Å²) in [6.45, 7) is 0. The molecule has 7 heteroatoms. The van der Waals surface area contributed by atoms with E-state index in [1.165, 1.54) is 0 Å². The molecule has 4 aromatic carbocycles. The Kier molecular flexibility index (Phi) is 6.05. The molecule has 6 nitrogen and oxygen atoms in total. The summed E-state index contributed by atoms with van der Waals surface area (Å²) in [7, 11) is 0. The van der Waals surface area contributed by atoms with Gasteiger partial charge in [0.25, 0.3) is 0 Å². The first-order chi connectivity index (χ1) is 19.2.